The minimum absolute atomic E-state index is 0. The van der Waals surface area contributed by atoms with E-state index in [1.807, 2.05) is 120 Å². The number of nitrogens with one attached hydrogen (secondary N) is 1. The van der Waals surface area contributed by atoms with Crippen molar-refractivity contribution >= 4 is 17.3 Å². The van der Waals surface area contributed by atoms with Gasteiger partial charge in [0.1, 0.15) is 0 Å². The number of ketones is 3. The van der Waals surface area contributed by atoms with Crippen LogP contribution in [0.4, 0.5) is 0 Å². The molecule has 9 heteroatoms. The van der Waals surface area contributed by atoms with E-state index in [0.29, 0.717) is 23.4 Å². The number of aromatic nitrogens is 1. The summed E-state index contributed by atoms with van der Waals surface area (Å²) in [6.45, 7) is 19.7. The maximum Gasteiger partial charge on any atom is 0.0283 e. The molecule has 2 saturated heterocycles. The van der Waals surface area contributed by atoms with E-state index in [4.69, 9.17) is 0 Å². The van der Waals surface area contributed by atoms with Gasteiger partial charge >= 0.3 is 0 Å². The Kier molecular flexibility index (Phi) is 35.1. The molecule has 391 valence electrons. The van der Waals surface area contributed by atoms with E-state index in [1.165, 1.54) is 47.9 Å². The third-order valence-corrected chi connectivity index (χ3v) is 13.9. The molecule has 3 aliphatic carbocycles. The molecule has 0 amide bonds. The topological polar surface area (TPSA) is 79.4 Å². The van der Waals surface area contributed by atoms with Gasteiger partial charge in [0.2, 0.25) is 0 Å². The molecule has 6 aromatic rings. The first-order valence-corrected chi connectivity index (χ1v) is 27.2. The molecule has 1 N–H and O–H groups in total. The summed E-state index contributed by atoms with van der Waals surface area (Å²) in [7, 11) is 0. The SMILES string of the molecule is CC.CC.CC.CCc1ccccc1.O=C1c2ccccc2C[C-]1CC1CCN(Cc2ccccc2)CC1.O=C1c2ccccc2C[C-]1CC1CCNCC1.O=C1c2ccccc2C[C-]1Cc1ccncc1.[Y].[Y].[Y]. The third-order valence-electron chi connectivity index (χ3n) is 13.9. The van der Waals surface area contributed by atoms with Crippen LogP contribution in [0, 0.1) is 29.6 Å². The predicted molar refractivity (Wildman–Crippen MR) is 300 cm³/mol. The Morgan fingerprint density at radius 2 is 0.840 bits per heavy atom. The Morgan fingerprint density at radius 1 is 0.467 bits per heavy atom. The van der Waals surface area contributed by atoms with Gasteiger partial charge < -0.3 is 19.7 Å². The summed E-state index contributed by atoms with van der Waals surface area (Å²) in [6.07, 6.45) is 14.8. The molecule has 6 nitrogen and oxygen atoms in total. The zero-order valence-corrected chi connectivity index (χ0v) is 54.8. The number of Topliss-reactive ketones (excluding diaryl/α,β-unsaturated/α-hetero) is 3. The molecule has 0 bridgehead atoms. The number of benzene rings is 5. The molecular formula is C66H82N3O3Y3-3. The summed E-state index contributed by atoms with van der Waals surface area (Å²) < 4.78 is 0. The number of likely N-dealkylation sites (tertiary alicyclic amines) is 1. The van der Waals surface area contributed by atoms with Crippen molar-refractivity contribution in [2.24, 2.45) is 11.8 Å². The van der Waals surface area contributed by atoms with E-state index in [0.717, 1.165) is 123 Å². The molecule has 75 heavy (non-hydrogen) atoms. The van der Waals surface area contributed by atoms with Crippen LogP contribution in [0.2, 0.25) is 0 Å². The second-order valence-corrected chi connectivity index (χ2v) is 18.5. The van der Waals surface area contributed by atoms with E-state index in [2.05, 4.69) is 88.9 Å². The standard InChI is InChI=1S/C22H24NO.C15H18NO.C15H12NO.C8H10.3C2H6.3Y/c24-22-20(15-19-8-4-5-9-21(19)22)14-17-10-12-23(13-11-17)16-18-6-2-1-3-7-18;2*17-15-13(9-11-5-7-16-8-6-11)10-12-3-1-2-4-14(12)15;1-2-8-6-4-3-5-7-8;3*1-2;;;/h1-9,17H,10-16H2;1-4,11,16H,5-10H2;1-8H,9-10H2;3-7H,2H2,1H3;3*1-2H3;;;/q3*-1;;;;;;;. The number of aryl methyl sites for hydroxylation is 1. The minimum atomic E-state index is 0. The van der Waals surface area contributed by atoms with Gasteiger partial charge in [-0.2, -0.15) is 17.8 Å². The zero-order valence-electron chi connectivity index (χ0n) is 46.3. The molecule has 0 spiro atoms. The van der Waals surface area contributed by atoms with E-state index < -0.39 is 0 Å². The molecule has 5 aromatic carbocycles. The minimum Gasteiger partial charge on any atom is -0.331 e. The first-order chi connectivity index (χ1) is 35.4. The average molecular weight is 1230 g/mol. The van der Waals surface area contributed by atoms with E-state index >= 15 is 0 Å². The van der Waals surface area contributed by atoms with Crippen LogP contribution in [0.5, 0.6) is 0 Å². The smallest absolute Gasteiger partial charge is 0.0283 e. The zero-order chi connectivity index (χ0) is 51.5. The summed E-state index contributed by atoms with van der Waals surface area (Å²) in [5.41, 5.74) is 10.3. The van der Waals surface area contributed by atoms with Crippen LogP contribution in [0.1, 0.15) is 151 Å². The Bertz CT molecular complexity index is 2490. The van der Waals surface area contributed by atoms with Crippen molar-refractivity contribution in [1.29, 1.82) is 0 Å². The molecule has 3 heterocycles. The van der Waals surface area contributed by atoms with Gasteiger partial charge in [-0.15, -0.1) is 51.6 Å². The van der Waals surface area contributed by atoms with Gasteiger partial charge in [-0.05, 0) is 81.5 Å². The number of hydrogen-bond acceptors (Lipinski definition) is 6. The molecule has 0 saturated carbocycles. The van der Waals surface area contributed by atoms with Gasteiger partial charge in [-0.25, -0.2) is 0 Å². The van der Waals surface area contributed by atoms with Crippen LogP contribution in [-0.4, -0.2) is 53.4 Å². The molecule has 2 fully saturated rings. The van der Waals surface area contributed by atoms with Gasteiger partial charge in [-0.1, -0.05) is 220 Å². The molecule has 5 aliphatic rings. The van der Waals surface area contributed by atoms with Gasteiger partial charge in [0.25, 0.3) is 0 Å². The quantitative estimate of drug-likeness (QED) is 0.145. The van der Waals surface area contributed by atoms with Crippen LogP contribution in [-0.2, 0) is 137 Å². The van der Waals surface area contributed by atoms with Crippen molar-refractivity contribution in [1.82, 2.24) is 15.2 Å². The normalized spacial score (nSPS) is 15.1. The fourth-order valence-electron chi connectivity index (χ4n) is 10.1. The number of carbonyl (C=O) groups excluding carboxylic acids is 3. The fraction of sp³-hybridized carbons (Fsp3) is 0.379. The fourth-order valence-corrected chi connectivity index (χ4v) is 10.1. The first-order valence-electron chi connectivity index (χ1n) is 27.2. The maximum absolute atomic E-state index is 12.5. The summed E-state index contributed by atoms with van der Waals surface area (Å²) >= 11 is 0. The van der Waals surface area contributed by atoms with Crippen LogP contribution >= 0.6 is 0 Å². The summed E-state index contributed by atoms with van der Waals surface area (Å²) in [5, 5.41) is 3.37. The van der Waals surface area contributed by atoms with E-state index in [-0.39, 0.29) is 104 Å². The van der Waals surface area contributed by atoms with Crippen molar-refractivity contribution in [2.45, 2.75) is 126 Å². The van der Waals surface area contributed by atoms with Gasteiger partial charge in [0.05, 0.1) is 0 Å². The number of nitrogens with zero attached hydrogens (tertiary/aromatic N) is 2. The van der Waals surface area contributed by atoms with E-state index in [9.17, 15) is 14.4 Å². The van der Waals surface area contributed by atoms with Crippen molar-refractivity contribution < 1.29 is 113 Å². The van der Waals surface area contributed by atoms with Crippen molar-refractivity contribution in [3.05, 3.63) is 226 Å². The second-order valence-electron chi connectivity index (χ2n) is 18.5. The largest absolute Gasteiger partial charge is 0.331 e. The van der Waals surface area contributed by atoms with Crippen molar-refractivity contribution in [2.75, 3.05) is 26.2 Å². The van der Waals surface area contributed by atoms with Crippen molar-refractivity contribution in [3.8, 4) is 0 Å². The van der Waals surface area contributed by atoms with Crippen LogP contribution in [0.3, 0.4) is 0 Å². The number of carbonyl (C=O) groups is 3. The Labute approximate surface area is 528 Å². The Morgan fingerprint density at radius 3 is 1.25 bits per heavy atom. The summed E-state index contributed by atoms with van der Waals surface area (Å²) in [4.78, 5) is 43.4. The molecule has 0 atom stereocenters. The van der Waals surface area contributed by atoms with Crippen LogP contribution in [0.25, 0.3) is 0 Å². The molecule has 3 radical (unpaired) electrons. The average Bonchev–Trinajstić information content (AvgIpc) is 4.07. The number of pyridine rings is 1. The number of fused-ring (bicyclic) bond motifs is 3. The van der Waals surface area contributed by atoms with Gasteiger partial charge in [0, 0.05) is 134 Å². The third kappa shape index (κ3) is 21.4. The second kappa shape index (κ2) is 38.6. The first kappa shape index (κ1) is 68.2. The Hall–Kier alpha value is -2.90. The summed E-state index contributed by atoms with van der Waals surface area (Å²) in [5.74, 6) is 5.46. The van der Waals surface area contributed by atoms with Gasteiger partial charge in [-0.3, -0.25) is 9.88 Å². The van der Waals surface area contributed by atoms with Gasteiger partial charge in [0.15, 0.2) is 0 Å². The summed E-state index contributed by atoms with van der Waals surface area (Å²) in [6, 6.07) is 49.1. The maximum atomic E-state index is 12.5. The van der Waals surface area contributed by atoms with Crippen molar-refractivity contribution in [3.63, 3.8) is 0 Å². The molecule has 1 aromatic heterocycles. The number of hydrogen-bond donors (Lipinski definition) is 1. The predicted octanol–water partition coefficient (Wildman–Crippen LogP) is 14.6. The van der Waals surface area contributed by atoms with E-state index in [1.54, 1.807) is 12.4 Å². The number of rotatable bonds is 9. The monoisotopic (exact) mass is 1230 g/mol. The molecule has 0 unspecified atom stereocenters. The molecule has 11 rings (SSSR count). The van der Waals surface area contributed by atoms with Crippen LogP contribution < -0.4 is 5.32 Å². The van der Waals surface area contributed by atoms with Crippen LogP contribution in [0.15, 0.2) is 158 Å². The molecule has 2 aliphatic heterocycles. The molecular weight excluding hydrogens is 1150 g/mol. The number of piperidine rings is 2. The Balaban J connectivity index is 0.000000341.